The van der Waals surface area contributed by atoms with Crippen LogP contribution in [0.15, 0.2) is 76.4 Å². The summed E-state index contributed by atoms with van der Waals surface area (Å²) in [7, 11) is -4.34. The van der Waals surface area contributed by atoms with Gasteiger partial charge in [0.25, 0.3) is 0 Å². The van der Waals surface area contributed by atoms with E-state index in [0.717, 1.165) is 17.7 Å². The van der Waals surface area contributed by atoms with Gasteiger partial charge in [0.1, 0.15) is 11.9 Å². The van der Waals surface area contributed by atoms with Crippen molar-refractivity contribution in [2.45, 2.75) is 55.9 Å². The van der Waals surface area contributed by atoms with Gasteiger partial charge < -0.3 is 10.1 Å². The van der Waals surface area contributed by atoms with E-state index in [-0.39, 0.29) is 28.7 Å². The summed E-state index contributed by atoms with van der Waals surface area (Å²) in [5, 5.41) is 6.36. The van der Waals surface area contributed by atoms with Crippen LogP contribution in [-0.2, 0) is 19.8 Å². The number of hydrogen-bond donors (Lipinski definition) is 2. The van der Waals surface area contributed by atoms with Crippen LogP contribution in [0.4, 0.5) is 13.2 Å². The molecule has 0 aromatic heterocycles. The lowest BCUT2D eigenvalue weighted by Crippen LogP contribution is -2.54. The molecule has 2 aromatic rings. The Morgan fingerprint density at radius 3 is 2.35 bits per heavy atom. The van der Waals surface area contributed by atoms with Crippen molar-refractivity contribution in [2.75, 3.05) is 20.1 Å². The number of nitrogens with zero attached hydrogens (tertiary/aromatic N) is 1. The van der Waals surface area contributed by atoms with Crippen molar-refractivity contribution >= 4 is 24.0 Å². The SMILES string of the molecule is CNS1(S(=O)(=O)c2ccc([C@H](C)NC(=O)C(C)(C)N3CCC(Oc4cccc(C(F)(F)F)c4)C3)cc2)C=CC=C1. The van der Waals surface area contributed by atoms with E-state index in [9.17, 15) is 26.4 Å². The minimum Gasteiger partial charge on any atom is -0.489 e. The fourth-order valence-corrected chi connectivity index (χ4v) is 10.2. The molecule has 4 rings (SSSR count). The lowest BCUT2D eigenvalue weighted by molar-refractivity contribution is -0.137. The zero-order chi connectivity index (χ0) is 29.3. The smallest absolute Gasteiger partial charge is 0.416 e. The Labute approximate surface area is 234 Å². The van der Waals surface area contributed by atoms with E-state index < -0.39 is 35.4 Å². The third kappa shape index (κ3) is 5.95. The molecule has 218 valence electrons. The van der Waals surface area contributed by atoms with Crippen LogP contribution in [0.2, 0.25) is 0 Å². The Morgan fingerprint density at radius 1 is 1.10 bits per heavy atom. The molecule has 0 saturated carbocycles. The number of halogens is 3. The molecule has 2 aliphatic heterocycles. The second-order valence-corrected chi connectivity index (χ2v) is 16.9. The fourth-order valence-electron chi connectivity index (χ4n) is 4.71. The average Bonchev–Trinajstić information content (AvgIpc) is 3.59. The van der Waals surface area contributed by atoms with Gasteiger partial charge in [-0.15, -0.1) is 0 Å². The number of benzene rings is 2. The highest BCUT2D eigenvalue weighted by Crippen LogP contribution is 2.58. The molecule has 40 heavy (non-hydrogen) atoms. The van der Waals surface area contributed by atoms with Crippen LogP contribution >= 0.6 is 9.25 Å². The van der Waals surface area contributed by atoms with Gasteiger partial charge >= 0.3 is 6.18 Å². The molecule has 2 atom stereocenters. The summed E-state index contributed by atoms with van der Waals surface area (Å²) in [6, 6.07) is 10.9. The van der Waals surface area contributed by atoms with E-state index in [2.05, 4.69) is 10.0 Å². The first kappa shape index (κ1) is 30.2. The summed E-state index contributed by atoms with van der Waals surface area (Å²) in [6.45, 7) is 6.34. The van der Waals surface area contributed by atoms with Crippen LogP contribution in [0.1, 0.15) is 44.4 Å². The predicted molar refractivity (Wildman–Crippen MR) is 151 cm³/mol. The molecule has 1 fully saturated rings. The van der Waals surface area contributed by atoms with Crippen LogP contribution in [0, 0.1) is 0 Å². The maximum absolute atomic E-state index is 13.3. The third-order valence-corrected chi connectivity index (χ3v) is 14.6. The van der Waals surface area contributed by atoms with Gasteiger partial charge in [-0.3, -0.25) is 14.4 Å². The van der Waals surface area contributed by atoms with Gasteiger partial charge in [-0.05, 0) is 90.2 Å². The molecular formula is C28H34F3N3O4S2. The highest BCUT2D eigenvalue weighted by atomic mass is 33.2. The molecule has 0 spiro atoms. The predicted octanol–water partition coefficient (Wildman–Crippen LogP) is 5.48. The molecule has 0 aliphatic carbocycles. The molecule has 12 heteroatoms. The molecule has 1 unspecified atom stereocenters. The Morgan fingerprint density at radius 2 is 1.75 bits per heavy atom. The van der Waals surface area contributed by atoms with Crippen molar-refractivity contribution in [2.24, 2.45) is 0 Å². The Balaban J connectivity index is 1.38. The third-order valence-electron chi connectivity index (χ3n) is 7.33. The van der Waals surface area contributed by atoms with Gasteiger partial charge in [0.15, 0.2) is 0 Å². The van der Waals surface area contributed by atoms with E-state index >= 15 is 0 Å². The number of likely N-dealkylation sites (tertiary alicyclic amines) is 1. The Kier molecular flexibility index (Phi) is 8.47. The molecule has 0 radical (unpaired) electrons. The molecular weight excluding hydrogens is 563 g/mol. The quantitative estimate of drug-likeness (QED) is 0.372. The minimum atomic E-state index is -4.45. The van der Waals surface area contributed by atoms with Crippen molar-refractivity contribution in [1.29, 1.82) is 0 Å². The van der Waals surface area contributed by atoms with E-state index in [0.29, 0.717) is 19.5 Å². The molecule has 2 heterocycles. The number of ether oxygens (including phenoxy) is 1. The van der Waals surface area contributed by atoms with Gasteiger partial charge in [0, 0.05) is 13.1 Å². The molecule has 2 aromatic carbocycles. The van der Waals surface area contributed by atoms with Gasteiger partial charge in [-0.25, -0.2) is 8.42 Å². The normalized spacial score (nSPS) is 20.8. The van der Waals surface area contributed by atoms with E-state index in [1.165, 1.54) is 12.1 Å². The summed E-state index contributed by atoms with van der Waals surface area (Å²) in [5.74, 6) is -0.0820. The summed E-state index contributed by atoms with van der Waals surface area (Å²) in [4.78, 5) is 15.4. The molecule has 1 saturated heterocycles. The molecule has 2 N–H and O–H groups in total. The second-order valence-electron chi connectivity index (χ2n) is 10.3. The van der Waals surface area contributed by atoms with E-state index in [4.69, 9.17) is 4.74 Å². The van der Waals surface area contributed by atoms with Crippen molar-refractivity contribution < 1.29 is 31.1 Å². The number of amides is 1. The number of nitrogens with one attached hydrogen (secondary N) is 2. The number of hydrogen-bond acceptors (Lipinski definition) is 6. The number of rotatable bonds is 9. The van der Waals surface area contributed by atoms with Crippen LogP contribution in [0.3, 0.4) is 0 Å². The van der Waals surface area contributed by atoms with Crippen molar-refractivity contribution in [3.8, 4) is 5.75 Å². The highest BCUT2D eigenvalue weighted by molar-refractivity contribution is 8.92. The molecule has 2 aliphatic rings. The summed E-state index contributed by atoms with van der Waals surface area (Å²) in [5.41, 5.74) is -0.928. The van der Waals surface area contributed by atoms with Crippen molar-refractivity contribution in [3.05, 3.63) is 82.6 Å². The first-order valence-electron chi connectivity index (χ1n) is 12.8. The topological polar surface area (TPSA) is 87.7 Å². The summed E-state index contributed by atoms with van der Waals surface area (Å²) in [6.07, 6.45) is -0.796. The lowest BCUT2D eigenvalue weighted by atomic mass is 10.0. The standard InChI is InChI=1S/C28H34F3N3O4S2/c1-20(21-10-12-25(13-11-21)40(36,37)39(32-4)16-5-6-17-39)33-26(35)27(2,3)34-15-14-24(19-34)38-23-9-7-8-22(18-23)28(29,30)31/h5-13,16-18,20,24,32H,14-15,19H2,1-4H3,(H,33,35)/t20-,24?/m0/s1. The monoisotopic (exact) mass is 597 g/mol. The number of carbonyl (C=O) groups is 1. The second kappa shape index (κ2) is 11.2. The maximum Gasteiger partial charge on any atom is 0.416 e. The minimum absolute atomic E-state index is 0.144. The summed E-state index contributed by atoms with van der Waals surface area (Å²) < 4.78 is 74.4. The van der Waals surface area contributed by atoms with Gasteiger partial charge in [0.05, 0.1) is 22.0 Å². The molecule has 0 bridgehead atoms. The fraction of sp³-hybridized carbons (Fsp3) is 0.393. The molecule has 1 amide bonds. The number of carbonyl (C=O) groups excluding carboxylic acids is 1. The van der Waals surface area contributed by atoms with Crippen LogP contribution in [0.25, 0.3) is 0 Å². The van der Waals surface area contributed by atoms with Crippen LogP contribution < -0.4 is 14.8 Å². The highest BCUT2D eigenvalue weighted by Gasteiger charge is 2.41. The van der Waals surface area contributed by atoms with Crippen molar-refractivity contribution in [3.63, 3.8) is 0 Å². The van der Waals surface area contributed by atoms with Crippen LogP contribution in [-0.4, -0.2) is 51.0 Å². The Bertz CT molecular complexity index is 1390. The largest absolute Gasteiger partial charge is 0.489 e. The van der Waals surface area contributed by atoms with E-state index in [1.54, 1.807) is 68.1 Å². The van der Waals surface area contributed by atoms with Gasteiger partial charge in [-0.2, -0.15) is 13.2 Å². The maximum atomic E-state index is 13.3. The summed E-state index contributed by atoms with van der Waals surface area (Å²) >= 11 is 0. The Hall–Kier alpha value is -2.80. The lowest BCUT2D eigenvalue weighted by Gasteiger charge is -2.35. The average molecular weight is 598 g/mol. The number of allylic oxidation sites excluding steroid dienone is 2. The molecule has 7 nitrogen and oxygen atoms in total. The van der Waals surface area contributed by atoms with Crippen LogP contribution in [0.5, 0.6) is 5.75 Å². The zero-order valence-corrected chi connectivity index (χ0v) is 24.4. The first-order chi connectivity index (χ1) is 18.7. The zero-order valence-electron chi connectivity index (χ0n) is 22.7. The van der Waals surface area contributed by atoms with Gasteiger partial charge in [-0.1, -0.05) is 30.4 Å². The first-order valence-corrected chi connectivity index (χ1v) is 16.6. The van der Waals surface area contributed by atoms with E-state index in [1.807, 2.05) is 11.8 Å². The van der Waals surface area contributed by atoms with Gasteiger partial charge in [0.2, 0.25) is 14.8 Å². The number of alkyl halides is 3. The van der Waals surface area contributed by atoms with Crippen molar-refractivity contribution in [1.82, 2.24) is 14.9 Å².